The van der Waals surface area contributed by atoms with E-state index in [2.05, 4.69) is 10.2 Å². The van der Waals surface area contributed by atoms with E-state index in [-0.39, 0.29) is 10.9 Å². The summed E-state index contributed by atoms with van der Waals surface area (Å²) in [5.41, 5.74) is 2.66. The van der Waals surface area contributed by atoms with Crippen molar-refractivity contribution in [3.05, 3.63) is 51.1 Å². The highest BCUT2D eigenvalue weighted by Gasteiger charge is 2.37. The number of alkyl halides is 3. The molecule has 0 aliphatic rings. The van der Waals surface area contributed by atoms with Gasteiger partial charge in [-0.2, -0.15) is 13.2 Å². The molecule has 0 saturated heterocycles. The molecule has 2 aromatic heterocycles. The van der Waals surface area contributed by atoms with Gasteiger partial charge in [-0.05, 0) is 42.7 Å². The molecule has 0 spiro atoms. The van der Waals surface area contributed by atoms with Crippen molar-refractivity contribution in [3.8, 4) is 0 Å². The first-order valence-corrected chi connectivity index (χ1v) is 8.28. The molecule has 5 nitrogen and oxygen atoms in total. The van der Waals surface area contributed by atoms with Crippen molar-refractivity contribution in [2.45, 2.75) is 30.9 Å². The van der Waals surface area contributed by atoms with Crippen LogP contribution in [0.1, 0.15) is 22.5 Å². The number of thioether (sulfide) groups is 1. The van der Waals surface area contributed by atoms with Gasteiger partial charge in [0.2, 0.25) is 5.82 Å². The van der Waals surface area contributed by atoms with Crippen LogP contribution in [-0.4, -0.2) is 14.8 Å². The number of aryl methyl sites for hydroxylation is 2. The van der Waals surface area contributed by atoms with E-state index in [1.54, 1.807) is 6.07 Å². The van der Waals surface area contributed by atoms with Crippen molar-refractivity contribution in [1.29, 1.82) is 0 Å². The van der Waals surface area contributed by atoms with Crippen LogP contribution in [0.15, 0.2) is 32.6 Å². The molecule has 0 atom stereocenters. The summed E-state index contributed by atoms with van der Waals surface area (Å²) in [6.07, 6.45) is -4.56. The quantitative estimate of drug-likeness (QED) is 0.518. The van der Waals surface area contributed by atoms with Gasteiger partial charge in [0, 0.05) is 24.3 Å². The first-order valence-electron chi connectivity index (χ1n) is 7.30. The molecular weight excluding hydrogens is 355 g/mol. The van der Waals surface area contributed by atoms with Gasteiger partial charge in [0.15, 0.2) is 5.16 Å². The van der Waals surface area contributed by atoms with Gasteiger partial charge in [0.1, 0.15) is 5.58 Å². The maximum atomic E-state index is 12.8. The van der Waals surface area contributed by atoms with Crippen LogP contribution < -0.4 is 5.63 Å². The molecule has 132 valence electrons. The minimum Gasteiger partial charge on any atom is -0.423 e. The Morgan fingerprint density at radius 1 is 1.16 bits per heavy atom. The molecule has 0 radical (unpaired) electrons. The highest BCUT2D eigenvalue weighted by atomic mass is 32.2. The van der Waals surface area contributed by atoms with Crippen molar-refractivity contribution in [2.75, 3.05) is 0 Å². The van der Waals surface area contributed by atoms with Crippen molar-refractivity contribution >= 4 is 22.7 Å². The highest BCUT2D eigenvalue weighted by molar-refractivity contribution is 7.98. The Morgan fingerprint density at radius 3 is 2.48 bits per heavy atom. The van der Waals surface area contributed by atoms with Crippen molar-refractivity contribution in [2.24, 2.45) is 7.05 Å². The average molecular weight is 369 g/mol. The van der Waals surface area contributed by atoms with Crippen molar-refractivity contribution in [3.63, 3.8) is 0 Å². The number of benzene rings is 1. The van der Waals surface area contributed by atoms with Crippen LogP contribution in [0.5, 0.6) is 0 Å². The zero-order valence-electron chi connectivity index (χ0n) is 13.6. The maximum Gasteiger partial charge on any atom is 0.451 e. The summed E-state index contributed by atoms with van der Waals surface area (Å²) < 4.78 is 44.5. The molecule has 0 aliphatic heterocycles. The Balaban J connectivity index is 1.95. The molecule has 3 aromatic rings. The summed E-state index contributed by atoms with van der Waals surface area (Å²) in [6, 6.07) is 5.04. The fourth-order valence-electron chi connectivity index (χ4n) is 2.43. The standard InChI is InChI=1S/C16H14F3N3O2S/c1-8-4-11-10(6-13(23)24-12(11)5-9(8)2)7-25-15-21-20-14(22(15)3)16(17,18)19/h4-6H,7H2,1-3H3. The predicted octanol–water partition coefficient (Wildman–Crippen LogP) is 3.85. The molecule has 9 heteroatoms. The van der Waals surface area contributed by atoms with Gasteiger partial charge in [0.25, 0.3) is 0 Å². The largest absolute Gasteiger partial charge is 0.451 e. The second-order valence-electron chi connectivity index (χ2n) is 5.67. The van der Waals surface area contributed by atoms with Gasteiger partial charge in [-0.3, -0.25) is 0 Å². The fourth-order valence-corrected chi connectivity index (χ4v) is 3.33. The van der Waals surface area contributed by atoms with Crippen molar-refractivity contribution in [1.82, 2.24) is 14.8 Å². The normalized spacial score (nSPS) is 12.1. The van der Waals surface area contributed by atoms with Gasteiger partial charge in [-0.15, -0.1) is 10.2 Å². The van der Waals surface area contributed by atoms with E-state index in [1.165, 1.54) is 13.1 Å². The first kappa shape index (κ1) is 17.5. The van der Waals surface area contributed by atoms with E-state index in [1.807, 2.05) is 19.9 Å². The van der Waals surface area contributed by atoms with Crippen LogP contribution in [-0.2, 0) is 19.0 Å². The third-order valence-corrected chi connectivity index (χ3v) is 4.96. The molecule has 3 rings (SSSR count). The summed E-state index contributed by atoms with van der Waals surface area (Å²) in [4.78, 5) is 11.8. The lowest BCUT2D eigenvalue weighted by Gasteiger charge is -2.09. The van der Waals surface area contributed by atoms with E-state index in [4.69, 9.17) is 4.42 Å². The third-order valence-electron chi connectivity index (χ3n) is 3.89. The van der Waals surface area contributed by atoms with Gasteiger partial charge in [-0.25, -0.2) is 4.79 Å². The SMILES string of the molecule is Cc1cc2oc(=O)cc(CSc3nnc(C(F)(F)F)n3C)c2cc1C. The topological polar surface area (TPSA) is 60.9 Å². The lowest BCUT2D eigenvalue weighted by atomic mass is 10.0. The fraction of sp³-hybridized carbons (Fsp3) is 0.312. The Hall–Kier alpha value is -2.29. The number of halogens is 3. The van der Waals surface area contributed by atoms with Crippen LogP contribution in [0.2, 0.25) is 0 Å². The molecular formula is C16H14F3N3O2S. The molecule has 0 aliphatic carbocycles. The monoisotopic (exact) mass is 369 g/mol. The minimum atomic E-state index is -4.56. The van der Waals surface area contributed by atoms with Gasteiger partial charge < -0.3 is 8.98 Å². The van der Waals surface area contributed by atoms with Crippen LogP contribution in [0.3, 0.4) is 0 Å². The van der Waals surface area contributed by atoms with Gasteiger partial charge >= 0.3 is 11.8 Å². The molecule has 2 heterocycles. The summed E-state index contributed by atoms with van der Waals surface area (Å²) in [7, 11) is 1.26. The second-order valence-corrected chi connectivity index (χ2v) is 6.62. The number of aromatic nitrogens is 3. The van der Waals surface area contributed by atoms with Crippen LogP contribution in [0.25, 0.3) is 11.0 Å². The van der Waals surface area contributed by atoms with E-state index in [9.17, 15) is 18.0 Å². The third kappa shape index (κ3) is 3.41. The van der Waals surface area contributed by atoms with Crippen LogP contribution in [0.4, 0.5) is 13.2 Å². The average Bonchev–Trinajstić information content (AvgIpc) is 2.87. The van der Waals surface area contributed by atoms with Gasteiger partial charge in [0.05, 0.1) is 0 Å². The number of hydrogen-bond donors (Lipinski definition) is 0. The van der Waals surface area contributed by atoms with E-state index < -0.39 is 17.6 Å². The van der Waals surface area contributed by atoms with E-state index >= 15 is 0 Å². The summed E-state index contributed by atoms with van der Waals surface area (Å²) >= 11 is 1.08. The zero-order valence-corrected chi connectivity index (χ0v) is 14.5. The Bertz CT molecular complexity index is 1010. The molecule has 0 saturated carbocycles. The number of rotatable bonds is 3. The number of fused-ring (bicyclic) bond motifs is 1. The lowest BCUT2D eigenvalue weighted by Crippen LogP contribution is -2.13. The molecule has 0 N–H and O–H groups in total. The Labute approximate surface area is 144 Å². The Morgan fingerprint density at radius 2 is 1.84 bits per heavy atom. The summed E-state index contributed by atoms with van der Waals surface area (Å²) in [5, 5.41) is 7.66. The lowest BCUT2D eigenvalue weighted by molar-refractivity contribution is -0.147. The number of hydrogen-bond acceptors (Lipinski definition) is 5. The first-order chi connectivity index (χ1) is 11.7. The molecule has 25 heavy (non-hydrogen) atoms. The smallest absolute Gasteiger partial charge is 0.423 e. The van der Waals surface area contributed by atoms with E-state index in [0.29, 0.717) is 11.1 Å². The number of nitrogens with zero attached hydrogens (tertiary/aromatic N) is 3. The molecule has 0 fully saturated rings. The molecule has 0 unspecified atom stereocenters. The van der Waals surface area contributed by atoms with Gasteiger partial charge in [-0.1, -0.05) is 11.8 Å². The minimum absolute atomic E-state index is 0.123. The van der Waals surface area contributed by atoms with Crippen LogP contribution in [0, 0.1) is 13.8 Å². The Kier molecular flexibility index (Phi) is 4.36. The van der Waals surface area contributed by atoms with E-state index in [0.717, 1.165) is 32.8 Å². The maximum absolute atomic E-state index is 12.8. The second kappa shape index (κ2) is 6.21. The summed E-state index contributed by atoms with van der Waals surface area (Å²) in [5.74, 6) is -0.784. The molecule has 0 bridgehead atoms. The predicted molar refractivity (Wildman–Crippen MR) is 87.5 cm³/mol. The van der Waals surface area contributed by atoms with Crippen molar-refractivity contribution < 1.29 is 17.6 Å². The summed E-state index contributed by atoms with van der Waals surface area (Å²) in [6.45, 7) is 3.85. The molecule has 1 aromatic carbocycles. The molecule has 0 amide bonds. The zero-order chi connectivity index (χ0) is 18.4. The van der Waals surface area contributed by atoms with Crippen LogP contribution >= 0.6 is 11.8 Å². The highest BCUT2D eigenvalue weighted by Crippen LogP contribution is 2.31.